The average Bonchev–Trinajstić information content (AvgIpc) is 3.18. The van der Waals surface area contributed by atoms with E-state index in [9.17, 15) is 5.26 Å². The van der Waals surface area contributed by atoms with Gasteiger partial charge in [0, 0.05) is 35.9 Å². The van der Waals surface area contributed by atoms with Gasteiger partial charge in [-0.15, -0.1) is 0 Å². The number of imidazole rings is 1. The van der Waals surface area contributed by atoms with E-state index < -0.39 is 0 Å². The van der Waals surface area contributed by atoms with Crippen molar-refractivity contribution in [2.45, 2.75) is 13.8 Å². The largest absolute Gasteiger partial charge is 0.383 e. The molecule has 9 heteroatoms. The van der Waals surface area contributed by atoms with E-state index in [1.807, 2.05) is 32.0 Å². The minimum absolute atomic E-state index is 0.239. The summed E-state index contributed by atoms with van der Waals surface area (Å²) in [6.45, 7) is 6.79. The molecular weight excluding hydrogens is 428 g/mol. The zero-order valence-electron chi connectivity index (χ0n) is 19.0. The maximum Gasteiger partial charge on any atom is 0.134 e. The fourth-order valence-electron chi connectivity index (χ4n) is 4.59. The lowest BCUT2D eigenvalue weighted by Crippen LogP contribution is -2.36. The number of hydrogen-bond donors (Lipinski definition) is 2. The van der Waals surface area contributed by atoms with Gasteiger partial charge < -0.3 is 15.4 Å². The van der Waals surface area contributed by atoms with Crippen molar-refractivity contribution in [2.75, 3.05) is 31.2 Å². The first kappa shape index (κ1) is 21.6. The summed E-state index contributed by atoms with van der Waals surface area (Å²) in [5.41, 5.74) is 12.6. The number of hydrogen-bond acceptors (Lipinski definition) is 6. The number of amidine groups is 1. The summed E-state index contributed by atoms with van der Waals surface area (Å²) in [6, 6.07) is 12.0. The molecule has 2 aromatic heterocycles. The van der Waals surface area contributed by atoms with E-state index in [-0.39, 0.29) is 5.84 Å². The van der Waals surface area contributed by atoms with Crippen molar-refractivity contribution >= 4 is 39.8 Å². The second-order valence-corrected chi connectivity index (χ2v) is 8.20. The van der Waals surface area contributed by atoms with Gasteiger partial charge in [-0.3, -0.25) is 15.0 Å². The minimum Gasteiger partial charge on any atom is -0.383 e. The third-order valence-electron chi connectivity index (χ3n) is 6.16. The lowest BCUT2D eigenvalue weighted by atomic mass is 10.1. The predicted octanol–water partition coefficient (Wildman–Crippen LogP) is 3.21. The first-order valence-corrected chi connectivity index (χ1v) is 11.0. The number of para-hydroxylation sites is 1. The highest BCUT2D eigenvalue weighted by molar-refractivity contribution is 6.11. The number of aryl methyl sites for hydroxylation is 2. The first-order valence-electron chi connectivity index (χ1n) is 11.0. The SMILES string of the molecule is Cc1cnc2c(C#N)cccc2c1-n1c(C)nc2c(C(N)=NC=N)cc(N3CCOCC3)cc21. The summed E-state index contributed by atoms with van der Waals surface area (Å²) in [6.07, 6.45) is 2.73. The van der Waals surface area contributed by atoms with Crippen LogP contribution in [0.5, 0.6) is 0 Å². The van der Waals surface area contributed by atoms with Gasteiger partial charge in [0.2, 0.25) is 0 Å². The van der Waals surface area contributed by atoms with Crippen molar-refractivity contribution in [3.05, 3.63) is 59.0 Å². The normalized spacial score (nSPS) is 14.5. The molecule has 3 heterocycles. The Morgan fingerprint density at radius 1 is 1.24 bits per heavy atom. The molecule has 1 saturated heterocycles. The number of rotatable bonds is 4. The van der Waals surface area contributed by atoms with E-state index in [2.05, 4.69) is 31.6 Å². The fraction of sp³-hybridized carbons (Fsp3) is 0.240. The average molecular weight is 453 g/mol. The van der Waals surface area contributed by atoms with Crippen LogP contribution in [0.1, 0.15) is 22.5 Å². The first-order chi connectivity index (χ1) is 16.5. The number of benzene rings is 2. The molecule has 0 aliphatic carbocycles. The Hall–Kier alpha value is -4.29. The van der Waals surface area contributed by atoms with E-state index in [4.69, 9.17) is 20.9 Å². The van der Waals surface area contributed by atoms with Gasteiger partial charge >= 0.3 is 0 Å². The molecule has 0 saturated carbocycles. The number of nitrogens with two attached hydrogens (primary N) is 1. The molecule has 34 heavy (non-hydrogen) atoms. The van der Waals surface area contributed by atoms with E-state index in [0.29, 0.717) is 35.4 Å². The van der Waals surface area contributed by atoms with E-state index >= 15 is 0 Å². The molecule has 0 bridgehead atoms. The van der Waals surface area contributed by atoms with Gasteiger partial charge in [0.05, 0.1) is 35.5 Å². The molecule has 170 valence electrons. The fourth-order valence-corrected chi connectivity index (χ4v) is 4.59. The molecule has 4 aromatic rings. The van der Waals surface area contributed by atoms with E-state index in [1.165, 1.54) is 0 Å². The number of ether oxygens (including phenoxy) is 1. The zero-order valence-corrected chi connectivity index (χ0v) is 19.0. The van der Waals surface area contributed by atoms with Crippen LogP contribution >= 0.6 is 0 Å². The van der Waals surface area contributed by atoms with Crippen LogP contribution in [0.2, 0.25) is 0 Å². The Morgan fingerprint density at radius 3 is 2.76 bits per heavy atom. The molecule has 1 aliphatic rings. The monoisotopic (exact) mass is 452 g/mol. The Balaban J connectivity index is 1.86. The molecule has 9 nitrogen and oxygen atoms in total. The van der Waals surface area contributed by atoms with Gasteiger partial charge in [-0.25, -0.2) is 9.98 Å². The van der Waals surface area contributed by atoms with Crippen LogP contribution < -0.4 is 10.6 Å². The molecule has 1 fully saturated rings. The molecule has 0 unspecified atom stereocenters. The molecule has 0 amide bonds. The van der Waals surface area contributed by atoms with Gasteiger partial charge in [0.15, 0.2) is 0 Å². The number of nitrogens with zero attached hydrogens (tertiary/aromatic N) is 6. The van der Waals surface area contributed by atoms with Crippen molar-refractivity contribution in [3.63, 3.8) is 0 Å². The van der Waals surface area contributed by atoms with Crippen LogP contribution in [0, 0.1) is 30.6 Å². The number of anilines is 1. The Kier molecular flexibility index (Phi) is 5.43. The minimum atomic E-state index is 0.239. The van der Waals surface area contributed by atoms with E-state index in [0.717, 1.165) is 53.1 Å². The maximum absolute atomic E-state index is 9.61. The highest BCUT2D eigenvalue weighted by Crippen LogP contribution is 2.34. The van der Waals surface area contributed by atoms with Crippen molar-refractivity contribution in [3.8, 4) is 11.8 Å². The lowest BCUT2D eigenvalue weighted by Gasteiger charge is -2.29. The molecule has 1 aliphatic heterocycles. The number of aromatic nitrogens is 3. The number of nitriles is 1. The standard InChI is InChI=1S/C25H24N8O/c1-15-13-29-22-17(12-26)4-3-5-19(22)24(15)33-16(2)31-23-20(25(28)30-14-27)10-18(11-21(23)33)32-6-8-34-9-7-32/h3-5,10-11,13-14H,6-9H2,1-2H3,(H3,27,28,30). The van der Waals surface area contributed by atoms with Crippen molar-refractivity contribution in [2.24, 2.45) is 10.7 Å². The highest BCUT2D eigenvalue weighted by Gasteiger charge is 2.22. The quantitative estimate of drug-likeness (QED) is 0.361. The smallest absolute Gasteiger partial charge is 0.134 e. The third kappa shape index (κ3) is 3.45. The predicted molar refractivity (Wildman–Crippen MR) is 133 cm³/mol. The van der Waals surface area contributed by atoms with Crippen LogP contribution in [0.4, 0.5) is 5.69 Å². The molecule has 5 rings (SSSR count). The van der Waals surface area contributed by atoms with Crippen LogP contribution in [-0.2, 0) is 4.74 Å². The maximum atomic E-state index is 9.61. The van der Waals surface area contributed by atoms with Gasteiger partial charge in [0.25, 0.3) is 0 Å². The van der Waals surface area contributed by atoms with E-state index in [1.54, 1.807) is 12.3 Å². The van der Waals surface area contributed by atoms with Crippen LogP contribution in [0.3, 0.4) is 0 Å². The Morgan fingerprint density at radius 2 is 2.03 bits per heavy atom. The molecule has 0 spiro atoms. The summed E-state index contributed by atoms with van der Waals surface area (Å²) in [5, 5.41) is 17.9. The molecule has 0 radical (unpaired) electrons. The lowest BCUT2D eigenvalue weighted by molar-refractivity contribution is 0.122. The second kappa shape index (κ2) is 8.57. The number of nitrogens with one attached hydrogen (secondary N) is 1. The van der Waals surface area contributed by atoms with Gasteiger partial charge in [-0.1, -0.05) is 12.1 Å². The van der Waals surface area contributed by atoms with Crippen molar-refractivity contribution < 1.29 is 4.74 Å². The highest BCUT2D eigenvalue weighted by atomic mass is 16.5. The van der Waals surface area contributed by atoms with Crippen LogP contribution in [0.25, 0.3) is 27.6 Å². The van der Waals surface area contributed by atoms with Crippen molar-refractivity contribution in [1.29, 1.82) is 10.7 Å². The van der Waals surface area contributed by atoms with Gasteiger partial charge in [-0.05, 0) is 37.6 Å². The molecular formula is C25H24N8O. The summed E-state index contributed by atoms with van der Waals surface area (Å²) in [7, 11) is 0. The van der Waals surface area contributed by atoms with Crippen LogP contribution in [0.15, 0.2) is 41.5 Å². The molecule has 3 N–H and O–H groups in total. The summed E-state index contributed by atoms with van der Waals surface area (Å²) < 4.78 is 7.64. The third-order valence-corrected chi connectivity index (χ3v) is 6.16. The van der Waals surface area contributed by atoms with Crippen LogP contribution in [-0.4, -0.2) is 53.0 Å². The topological polar surface area (TPSA) is 129 Å². The summed E-state index contributed by atoms with van der Waals surface area (Å²) in [5.74, 6) is 1.01. The summed E-state index contributed by atoms with van der Waals surface area (Å²) >= 11 is 0. The Bertz CT molecular complexity index is 1510. The van der Waals surface area contributed by atoms with Gasteiger partial charge in [-0.2, -0.15) is 5.26 Å². The Labute approximate surface area is 196 Å². The van der Waals surface area contributed by atoms with Gasteiger partial charge in [0.1, 0.15) is 29.6 Å². The summed E-state index contributed by atoms with van der Waals surface area (Å²) in [4.78, 5) is 15.7. The zero-order chi connectivity index (χ0) is 23.8. The number of pyridine rings is 1. The molecule has 2 aromatic carbocycles. The number of fused-ring (bicyclic) bond motifs is 2. The molecule has 0 atom stereocenters. The number of aliphatic imine (C=N–C) groups is 1. The van der Waals surface area contributed by atoms with Crippen molar-refractivity contribution in [1.82, 2.24) is 14.5 Å². The second-order valence-electron chi connectivity index (χ2n) is 8.20. The number of morpholine rings is 1.